The molecule has 11 atom stereocenters. The minimum atomic E-state index is -2.28. The zero-order chi connectivity index (χ0) is 43.2. The molecule has 9 rings (SSSR count). The van der Waals surface area contributed by atoms with Crippen molar-refractivity contribution in [2.75, 3.05) is 66.9 Å². The minimum absolute atomic E-state index is 0.0262. The average molecular weight is 857 g/mol. The molecule has 1 aromatic heterocycles. The van der Waals surface area contributed by atoms with Gasteiger partial charge in [-0.05, 0) is 73.6 Å². The lowest BCUT2D eigenvalue weighted by Crippen LogP contribution is -2.79. The van der Waals surface area contributed by atoms with Crippen molar-refractivity contribution in [1.82, 2.24) is 19.7 Å². The van der Waals surface area contributed by atoms with Gasteiger partial charge in [-0.3, -0.25) is 19.4 Å². The van der Waals surface area contributed by atoms with Crippen molar-refractivity contribution in [3.8, 4) is 0 Å². The van der Waals surface area contributed by atoms with Crippen LogP contribution in [0.25, 0.3) is 10.9 Å². The van der Waals surface area contributed by atoms with E-state index in [0.717, 1.165) is 57.8 Å². The van der Waals surface area contributed by atoms with E-state index in [1.165, 1.54) is 26.7 Å². The number of likely N-dealkylation sites (N-methyl/N-ethyl adjacent to an activating group) is 1. The molecule has 13 nitrogen and oxygen atoms in total. The highest BCUT2D eigenvalue weighted by Crippen LogP contribution is 2.70. The molecule has 0 radical (unpaired) electrons. The van der Waals surface area contributed by atoms with Gasteiger partial charge in [-0.2, -0.15) is 0 Å². The molecule has 328 valence electrons. The largest absolute Gasteiger partial charge is 0.468 e. The number of H-pyrrole nitrogens is 1. The van der Waals surface area contributed by atoms with Crippen LogP contribution in [0.4, 0.5) is 0 Å². The Morgan fingerprint density at radius 1 is 1.03 bits per heavy atom. The highest BCUT2D eigenvalue weighted by molar-refractivity contribution is 7.99. The number of hydrogen-bond donors (Lipinski definition) is 3. The third-order valence-electron chi connectivity index (χ3n) is 15.6. The lowest BCUT2D eigenvalue weighted by Gasteiger charge is -2.63. The van der Waals surface area contributed by atoms with E-state index in [4.69, 9.17) is 18.9 Å². The van der Waals surface area contributed by atoms with Crippen LogP contribution in [0.2, 0.25) is 0 Å². The van der Waals surface area contributed by atoms with E-state index in [-0.39, 0.29) is 24.5 Å². The van der Waals surface area contributed by atoms with Gasteiger partial charge in [-0.1, -0.05) is 43.7 Å². The molecule has 0 amide bonds. The Hall–Kier alpha value is -3.92. The fourth-order valence-corrected chi connectivity index (χ4v) is 14.3. The van der Waals surface area contributed by atoms with Gasteiger partial charge in [0.25, 0.3) is 0 Å². The summed E-state index contributed by atoms with van der Waals surface area (Å²) in [7, 11) is 6.30. The Balaban J connectivity index is 1.32. The maximum absolute atomic E-state index is 15.4. The summed E-state index contributed by atoms with van der Waals surface area (Å²) in [6.45, 7) is 9.19. The summed E-state index contributed by atoms with van der Waals surface area (Å²) in [6, 6.07) is 5.14. The van der Waals surface area contributed by atoms with Crippen LogP contribution >= 0.6 is 11.8 Å². The van der Waals surface area contributed by atoms with Gasteiger partial charge in [0.05, 0.1) is 33.0 Å². The van der Waals surface area contributed by atoms with Crippen molar-refractivity contribution in [1.29, 1.82) is 0 Å². The number of carbonyl (C=O) groups excluding carboxylic acids is 3. The summed E-state index contributed by atoms with van der Waals surface area (Å²) in [5, 5.41) is 24.1. The second-order valence-corrected chi connectivity index (χ2v) is 19.4. The van der Waals surface area contributed by atoms with Crippen molar-refractivity contribution in [3.05, 3.63) is 76.7 Å². The second kappa shape index (κ2) is 15.4. The number of allylic oxidation sites excluding steroid dienone is 1. The first-order valence-corrected chi connectivity index (χ1v) is 22.8. The predicted octanol–water partition coefficient (Wildman–Crippen LogP) is 4.48. The normalized spacial score (nSPS) is 37.3. The third-order valence-corrected chi connectivity index (χ3v) is 16.6. The van der Waals surface area contributed by atoms with Crippen molar-refractivity contribution in [3.63, 3.8) is 0 Å². The fourth-order valence-electron chi connectivity index (χ4n) is 13.6. The number of ether oxygens (including phenoxy) is 4. The molecule has 2 saturated heterocycles. The van der Waals surface area contributed by atoms with E-state index in [1.54, 1.807) is 18.9 Å². The second-order valence-electron chi connectivity index (χ2n) is 18.3. The van der Waals surface area contributed by atoms with Gasteiger partial charge in [-0.25, -0.2) is 4.79 Å². The van der Waals surface area contributed by atoms with Gasteiger partial charge < -0.3 is 39.0 Å². The zero-order valence-corrected chi connectivity index (χ0v) is 37.2. The van der Waals surface area contributed by atoms with E-state index in [0.29, 0.717) is 44.6 Å². The Morgan fingerprint density at radius 2 is 1.82 bits per heavy atom. The number of benzene rings is 1. The Morgan fingerprint density at radius 3 is 2.51 bits per heavy atom. The number of rotatable bonds is 10. The molecule has 6 heterocycles. The van der Waals surface area contributed by atoms with Crippen LogP contribution in [0.1, 0.15) is 57.7 Å². The number of thioether (sulfide) groups is 1. The number of esters is 3. The monoisotopic (exact) mass is 856 g/mol. The molecule has 3 fully saturated rings. The standard InChI is InChI=1S/C47H60N4O9S/c1-8-28-19-29-23-46(42(54)58-6,38-32(26-50(24-28)25-29)31-20-30(61-18-17-52)11-12-35(31)48-38)34-21-33-36(22-37(34)57-5)49(4)40-45(33)14-16-51-15-10-13-44(9-2,39(45)51)41(60-27(3)53)47(40,56)43(55)59-7/h10-13,19-22,29,34,37,39-41,48,52,56H,8-9,14-18,23-26H2,1-7H3/t29-,34?,37?,39+,40-,41-,44-,45-,46+,47+/m1/s1. The van der Waals surface area contributed by atoms with Crippen LogP contribution in [0, 0.1) is 22.7 Å². The molecular formula is C47H60N4O9S. The van der Waals surface area contributed by atoms with Crippen molar-refractivity contribution >= 4 is 40.6 Å². The Kier molecular flexibility index (Phi) is 10.7. The summed E-state index contributed by atoms with van der Waals surface area (Å²) in [5.74, 6) is -1.80. The van der Waals surface area contributed by atoms with E-state index in [1.807, 2.05) is 18.9 Å². The molecule has 2 aromatic rings. The molecule has 3 N–H and O–H groups in total. The number of likely N-dealkylation sites (tertiary alicyclic amines) is 1. The Bertz CT molecular complexity index is 2270. The van der Waals surface area contributed by atoms with Gasteiger partial charge in [0.15, 0.2) is 6.10 Å². The number of aromatic nitrogens is 1. The van der Waals surface area contributed by atoms with Gasteiger partial charge in [-0.15, -0.1) is 11.8 Å². The number of carbonyl (C=O) groups is 3. The van der Waals surface area contributed by atoms with E-state index in [9.17, 15) is 19.8 Å². The first-order valence-electron chi connectivity index (χ1n) is 21.8. The van der Waals surface area contributed by atoms with E-state index >= 15 is 4.79 Å². The number of nitrogens with zero attached hydrogens (tertiary/aromatic N) is 3. The molecule has 1 aromatic carbocycles. The average Bonchev–Trinajstić information content (AvgIpc) is 3.91. The predicted molar refractivity (Wildman–Crippen MR) is 230 cm³/mol. The van der Waals surface area contributed by atoms with Gasteiger partial charge in [0, 0.05) is 103 Å². The van der Waals surface area contributed by atoms with Crippen LogP contribution in [-0.2, 0) is 45.3 Å². The van der Waals surface area contributed by atoms with Crippen molar-refractivity contribution < 1.29 is 43.5 Å². The number of hydrogen-bond acceptors (Lipinski definition) is 13. The Labute approximate surface area is 362 Å². The lowest BCUT2D eigenvalue weighted by molar-refractivity contribution is -0.243. The fraction of sp³-hybridized carbons (Fsp3) is 0.596. The van der Waals surface area contributed by atoms with Crippen LogP contribution in [-0.4, -0.2) is 145 Å². The zero-order valence-electron chi connectivity index (χ0n) is 36.4. The molecule has 3 unspecified atom stereocenters. The maximum Gasteiger partial charge on any atom is 0.344 e. The molecule has 61 heavy (non-hydrogen) atoms. The summed E-state index contributed by atoms with van der Waals surface area (Å²) >= 11 is 1.60. The summed E-state index contributed by atoms with van der Waals surface area (Å²) < 4.78 is 24.2. The molecule has 5 aliphatic heterocycles. The van der Waals surface area contributed by atoms with E-state index < -0.39 is 58.0 Å². The number of aliphatic hydroxyl groups is 2. The first kappa shape index (κ1) is 42.4. The van der Waals surface area contributed by atoms with E-state index in [2.05, 4.69) is 70.3 Å². The van der Waals surface area contributed by atoms with Crippen LogP contribution in [0.3, 0.4) is 0 Å². The number of methoxy groups -OCH3 is 3. The number of fused-ring (bicyclic) bond motifs is 6. The molecular weight excluding hydrogens is 797 g/mol. The third kappa shape index (κ3) is 5.81. The molecule has 2 bridgehead atoms. The van der Waals surface area contributed by atoms with Crippen LogP contribution < -0.4 is 0 Å². The number of aliphatic hydroxyl groups excluding tert-OH is 1. The molecule has 14 heteroatoms. The number of aromatic amines is 1. The van der Waals surface area contributed by atoms with Gasteiger partial charge in [0.2, 0.25) is 5.60 Å². The van der Waals surface area contributed by atoms with Gasteiger partial charge in [0.1, 0.15) is 5.41 Å². The minimum Gasteiger partial charge on any atom is -0.468 e. The topological polar surface area (TPSA) is 154 Å². The summed E-state index contributed by atoms with van der Waals surface area (Å²) in [4.78, 5) is 54.6. The van der Waals surface area contributed by atoms with Gasteiger partial charge >= 0.3 is 17.9 Å². The summed E-state index contributed by atoms with van der Waals surface area (Å²) in [6.07, 6.45) is 11.4. The van der Waals surface area contributed by atoms with Crippen LogP contribution in [0.5, 0.6) is 0 Å². The lowest BCUT2D eigenvalue weighted by atomic mass is 9.47. The maximum atomic E-state index is 15.4. The first-order chi connectivity index (χ1) is 29.3. The van der Waals surface area contributed by atoms with Crippen molar-refractivity contribution in [2.45, 2.75) is 93.2 Å². The highest BCUT2D eigenvalue weighted by Gasteiger charge is 2.81. The quantitative estimate of drug-likeness (QED) is 0.133. The molecule has 1 spiro atoms. The highest BCUT2D eigenvalue weighted by atomic mass is 32.2. The SMILES string of the molecule is CCC1=C[C@H]2CN(C1)Cc1c([nH]c3ccc(SCCO)cc13)[C@@](C(=O)OC)(C1C=C3C(=CC1OC)N(C)[C@H]1[C@@](O)(C(=O)OC)[C@H](OC(C)=O)[C@]4(CC)C=CCN5CC[C@]31[C@@H]54)C2. The molecule has 7 aliphatic rings. The summed E-state index contributed by atoms with van der Waals surface area (Å²) in [5.41, 5.74) is 0.487. The molecule has 2 aliphatic carbocycles. The van der Waals surface area contributed by atoms with Crippen molar-refractivity contribution in [2.24, 2.45) is 22.7 Å². The molecule has 1 saturated carbocycles. The van der Waals surface area contributed by atoms with Crippen LogP contribution in [0.15, 0.2) is 70.3 Å². The smallest absolute Gasteiger partial charge is 0.344 e. The number of nitrogens with one attached hydrogen (secondary N) is 1.